The van der Waals surface area contributed by atoms with Crippen LogP contribution in [0.15, 0.2) is 82.6 Å². The SMILES string of the molecule is O=C(CSc1nnc(-c2ccccc2)n1Cc1ccco1)Nc1ccccc1F. The summed E-state index contributed by atoms with van der Waals surface area (Å²) in [6.07, 6.45) is 1.61. The molecule has 0 saturated heterocycles. The summed E-state index contributed by atoms with van der Waals surface area (Å²) >= 11 is 1.23. The molecule has 0 radical (unpaired) electrons. The Hall–Kier alpha value is -3.39. The number of anilines is 1. The van der Waals surface area contributed by atoms with Crippen molar-refractivity contribution in [2.24, 2.45) is 0 Å². The van der Waals surface area contributed by atoms with Crippen molar-refractivity contribution in [1.82, 2.24) is 14.8 Å². The summed E-state index contributed by atoms with van der Waals surface area (Å²) in [4.78, 5) is 12.3. The molecule has 8 heteroatoms. The van der Waals surface area contributed by atoms with Crippen molar-refractivity contribution in [2.45, 2.75) is 11.7 Å². The van der Waals surface area contributed by atoms with Crippen molar-refractivity contribution in [2.75, 3.05) is 11.1 Å². The largest absolute Gasteiger partial charge is 0.467 e. The minimum atomic E-state index is -0.474. The topological polar surface area (TPSA) is 73.0 Å². The molecule has 29 heavy (non-hydrogen) atoms. The molecular formula is C21H17FN4O2S. The Morgan fingerprint density at radius 2 is 1.83 bits per heavy atom. The van der Waals surface area contributed by atoms with Crippen molar-refractivity contribution in [3.05, 3.63) is 84.6 Å². The lowest BCUT2D eigenvalue weighted by Gasteiger charge is -2.09. The van der Waals surface area contributed by atoms with Gasteiger partial charge in [0.1, 0.15) is 11.6 Å². The van der Waals surface area contributed by atoms with Gasteiger partial charge in [0, 0.05) is 5.56 Å². The van der Waals surface area contributed by atoms with Crippen LogP contribution in [0.25, 0.3) is 11.4 Å². The Labute approximate surface area is 170 Å². The van der Waals surface area contributed by atoms with Crippen LogP contribution in [0, 0.1) is 5.82 Å². The van der Waals surface area contributed by atoms with E-state index in [0.717, 1.165) is 11.3 Å². The monoisotopic (exact) mass is 408 g/mol. The van der Waals surface area contributed by atoms with Gasteiger partial charge < -0.3 is 9.73 Å². The molecule has 0 aliphatic heterocycles. The second-order valence-electron chi connectivity index (χ2n) is 6.15. The molecule has 146 valence electrons. The number of carbonyl (C=O) groups is 1. The highest BCUT2D eigenvalue weighted by Crippen LogP contribution is 2.25. The standard InChI is InChI=1S/C21H17FN4O2S/c22-17-10-4-5-11-18(17)23-19(27)14-29-21-25-24-20(15-7-2-1-3-8-15)26(21)13-16-9-6-12-28-16/h1-12H,13-14H2,(H,23,27). The van der Waals surface area contributed by atoms with E-state index < -0.39 is 5.82 Å². The van der Waals surface area contributed by atoms with Crippen LogP contribution in [0.4, 0.5) is 10.1 Å². The second-order valence-corrected chi connectivity index (χ2v) is 7.10. The normalized spacial score (nSPS) is 10.8. The number of hydrogen-bond acceptors (Lipinski definition) is 5. The molecule has 2 aromatic heterocycles. The lowest BCUT2D eigenvalue weighted by Crippen LogP contribution is -2.15. The maximum Gasteiger partial charge on any atom is 0.234 e. The van der Waals surface area contributed by atoms with Gasteiger partial charge in [-0.1, -0.05) is 54.2 Å². The van der Waals surface area contributed by atoms with E-state index in [1.54, 1.807) is 18.4 Å². The number of nitrogens with one attached hydrogen (secondary N) is 1. The molecule has 0 aliphatic rings. The average molecular weight is 408 g/mol. The smallest absolute Gasteiger partial charge is 0.234 e. The number of amides is 1. The van der Waals surface area contributed by atoms with Gasteiger partial charge in [0.05, 0.1) is 24.2 Å². The molecule has 0 bridgehead atoms. The van der Waals surface area contributed by atoms with Crippen LogP contribution in [0.1, 0.15) is 5.76 Å². The molecule has 1 N–H and O–H groups in total. The van der Waals surface area contributed by atoms with Crippen molar-refractivity contribution < 1.29 is 13.6 Å². The van der Waals surface area contributed by atoms with E-state index in [1.165, 1.54) is 23.9 Å². The number of carbonyl (C=O) groups excluding carboxylic acids is 1. The average Bonchev–Trinajstić information content (AvgIpc) is 3.39. The molecule has 0 spiro atoms. The predicted octanol–water partition coefficient (Wildman–Crippen LogP) is 4.46. The van der Waals surface area contributed by atoms with Crippen LogP contribution in [0.2, 0.25) is 0 Å². The van der Waals surface area contributed by atoms with Crippen LogP contribution in [-0.2, 0) is 11.3 Å². The van der Waals surface area contributed by atoms with E-state index >= 15 is 0 Å². The number of hydrogen-bond donors (Lipinski definition) is 1. The van der Waals surface area contributed by atoms with E-state index in [0.29, 0.717) is 17.5 Å². The summed E-state index contributed by atoms with van der Waals surface area (Å²) in [6, 6.07) is 19.4. The van der Waals surface area contributed by atoms with Gasteiger partial charge in [-0.3, -0.25) is 9.36 Å². The number of benzene rings is 2. The molecule has 2 heterocycles. The number of para-hydroxylation sites is 1. The Morgan fingerprint density at radius 3 is 2.59 bits per heavy atom. The zero-order valence-corrected chi connectivity index (χ0v) is 16.1. The second kappa shape index (κ2) is 8.74. The summed E-state index contributed by atoms with van der Waals surface area (Å²) in [5, 5.41) is 11.7. The van der Waals surface area contributed by atoms with Gasteiger partial charge in [-0.25, -0.2) is 4.39 Å². The van der Waals surface area contributed by atoms with E-state index in [9.17, 15) is 9.18 Å². The van der Waals surface area contributed by atoms with Crippen molar-refractivity contribution in [3.8, 4) is 11.4 Å². The lowest BCUT2D eigenvalue weighted by molar-refractivity contribution is -0.113. The van der Waals surface area contributed by atoms with Crippen LogP contribution in [0.3, 0.4) is 0 Å². The summed E-state index contributed by atoms with van der Waals surface area (Å²) < 4.78 is 21.1. The van der Waals surface area contributed by atoms with Gasteiger partial charge in [0.25, 0.3) is 0 Å². The molecule has 6 nitrogen and oxygen atoms in total. The first-order valence-corrected chi connectivity index (χ1v) is 9.87. The van der Waals surface area contributed by atoms with Gasteiger partial charge in [0.2, 0.25) is 5.91 Å². The quantitative estimate of drug-likeness (QED) is 0.457. The van der Waals surface area contributed by atoms with Crippen molar-refractivity contribution in [1.29, 1.82) is 0 Å². The fourth-order valence-corrected chi connectivity index (χ4v) is 3.51. The third-order valence-electron chi connectivity index (χ3n) is 4.12. The molecule has 0 fully saturated rings. The maximum atomic E-state index is 13.7. The lowest BCUT2D eigenvalue weighted by atomic mass is 10.2. The Balaban J connectivity index is 1.53. The molecule has 1 amide bonds. The Kier molecular flexibility index (Phi) is 5.71. The number of halogens is 1. The minimum absolute atomic E-state index is 0.0689. The number of thioether (sulfide) groups is 1. The van der Waals surface area contributed by atoms with Crippen LogP contribution in [-0.4, -0.2) is 26.4 Å². The highest BCUT2D eigenvalue weighted by molar-refractivity contribution is 7.99. The maximum absolute atomic E-state index is 13.7. The number of aromatic nitrogens is 3. The third kappa shape index (κ3) is 4.55. The molecule has 0 saturated carbocycles. The Morgan fingerprint density at radius 1 is 1.03 bits per heavy atom. The highest BCUT2D eigenvalue weighted by Gasteiger charge is 2.17. The fourth-order valence-electron chi connectivity index (χ4n) is 2.78. The van der Waals surface area contributed by atoms with Gasteiger partial charge in [-0.2, -0.15) is 0 Å². The fraction of sp³-hybridized carbons (Fsp3) is 0.0952. The Bertz CT molecular complexity index is 1100. The molecule has 2 aromatic carbocycles. The minimum Gasteiger partial charge on any atom is -0.467 e. The van der Waals surface area contributed by atoms with E-state index in [-0.39, 0.29) is 17.3 Å². The van der Waals surface area contributed by atoms with Crippen LogP contribution >= 0.6 is 11.8 Å². The van der Waals surface area contributed by atoms with Gasteiger partial charge in [0.15, 0.2) is 11.0 Å². The molecule has 0 atom stereocenters. The molecule has 4 rings (SSSR count). The number of nitrogens with zero attached hydrogens (tertiary/aromatic N) is 3. The summed E-state index contributed by atoms with van der Waals surface area (Å²) in [5.41, 5.74) is 1.06. The first-order chi connectivity index (χ1) is 14.2. The first-order valence-electron chi connectivity index (χ1n) is 8.89. The van der Waals surface area contributed by atoms with E-state index in [1.807, 2.05) is 47.0 Å². The van der Waals surface area contributed by atoms with E-state index in [4.69, 9.17) is 4.42 Å². The molecular weight excluding hydrogens is 391 g/mol. The van der Waals surface area contributed by atoms with Crippen molar-refractivity contribution in [3.63, 3.8) is 0 Å². The first kappa shape index (κ1) is 18.9. The zero-order chi connectivity index (χ0) is 20.1. The molecule has 4 aromatic rings. The van der Waals surface area contributed by atoms with Crippen LogP contribution < -0.4 is 5.32 Å². The predicted molar refractivity (Wildman–Crippen MR) is 109 cm³/mol. The van der Waals surface area contributed by atoms with Gasteiger partial charge in [-0.15, -0.1) is 10.2 Å². The molecule has 0 aliphatic carbocycles. The van der Waals surface area contributed by atoms with Gasteiger partial charge >= 0.3 is 0 Å². The van der Waals surface area contributed by atoms with Gasteiger partial charge in [-0.05, 0) is 24.3 Å². The number of rotatable bonds is 7. The zero-order valence-electron chi connectivity index (χ0n) is 15.3. The third-order valence-corrected chi connectivity index (χ3v) is 5.09. The van der Waals surface area contributed by atoms with E-state index in [2.05, 4.69) is 15.5 Å². The highest BCUT2D eigenvalue weighted by atomic mass is 32.2. The van der Waals surface area contributed by atoms with Crippen molar-refractivity contribution >= 4 is 23.4 Å². The summed E-state index contributed by atoms with van der Waals surface area (Å²) in [7, 11) is 0. The molecule has 0 unspecified atom stereocenters. The van der Waals surface area contributed by atoms with Crippen LogP contribution in [0.5, 0.6) is 0 Å². The number of furan rings is 1. The summed E-state index contributed by atoms with van der Waals surface area (Å²) in [5.74, 6) is 0.699. The summed E-state index contributed by atoms with van der Waals surface area (Å²) in [6.45, 7) is 0.432.